The Hall–Kier alpha value is -0.0800. The molecular formula is C15H31NO. The van der Waals surface area contributed by atoms with Crippen LogP contribution in [-0.4, -0.2) is 25.8 Å². The molecule has 2 unspecified atom stereocenters. The van der Waals surface area contributed by atoms with Crippen molar-refractivity contribution < 1.29 is 4.74 Å². The highest BCUT2D eigenvalue weighted by Gasteiger charge is 2.16. The SMILES string of the molecule is CCCOCCCNC1CCCC(CC)CC1. The molecule has 0 aromatic carbocycles. The molecule has 0 bridgehead atoms. The molecule has 1 saturated carbocycles. The van der Waals surface area contributed by atoms with Crippen molar-refractivity contribution in [1.82, 2.24) is 5.32 Å². The van der Waals surface area contributed by atoms with Gasteiger partial charge in [0.25, 0.3) is 0 Å². The number of ether oxygens (including phenoxy) is 1. The lowest BCUT2D eigenvalue weighted by atomic mass is 9.98. The van der Waals surface area contributed by atoms with Gasteiger partial charge in [-0.25, -0.2) is 0 Å². The highest BCUT2D eigenvalue weighted by molar-refractivity contribution is 4.74. The molecule has 0 aromatic rings. The van der Waals surface area contributed by atoms with Gasteiger partial charge in [-0.1, -0.05) is 33.1 Å². The van der Waals surface area contributed by atoms with E-state index in [1.165, 1.54) is 38.5 Å². The molecule has 102 valence electrons. The highest BCUT2D eigenvalue weighted by atomic mass is 16.5. The van der Waals surface area contributed by atoms with Crippen LogP contribution in [0, 0.1) is 5.92 Å². The summed E-state index contributed by atoms with van der Waals surface area (Å²) in [6.45, 7) is 7.47. The van der Waals surface area contributed by atoms with E-state index in [0.29, 0.717) is 0 Å². The van der Waals surface area contributed by atoms with E-state index in [9.17, 15) is 0 Å². The van der Waals surface area contributed by atoms with Gasteiger partial charge in [-0.15, -0.1) is 0 Å². The lowest BCUT2D eigenvalue weighted by Gasteiger charge is -2.16. The van der Waals surface area contributed by atoms with Crippen molar-refractivity contribution >= 4 is 0 Å². The molecule has 1 fully saturated rings. The molecule has 2 heteroatoms. The van der Waals surface area contributed by atoms with Gasteiger partial charge in [-0.05, 0) is 44.6 Å². The molecule has 0 aliphatic heterocycles. The molecule has 17 heavy (non-hydrogen) atoms. The Bertz CT molecular complexity index is 172. The van der Waals surface area contributed by atoms with Crippen molar-refractivity contribution in [3.05, 3.63) is 0 Å². The molecule has 1 N–H and O–H groups in total. The van der Waals surface area contributed by atoms with Gasteiger partial charge in [0.1, 0.15) is 0 Å². The van der Waals surface area contributed by atoms with Crippen LogP contribution in [-0.2, 0) is 4.74 Å². The lowest BCUT2D eigenvalue weighted by Crippen LogP contribution is -2.30. The van der Waals surface area contributed by atoms with Gasteiger partial charge in [-0.2, -0.15) is 0 Å². The van der Waals surface area contributed by atoms with Crippen LogP contribution < -0.4 is 5.32 Å². The minimum absolute atomic E-state index is 0.776. The Labute approximate surface area is 108 Å². The molecule has 1 rings (SSSR count). The lowest BCUT2D eigenvalue weighted by molar-refractivity contribution is 0.131. The van der Waals surface area contributed by atoms with Gasteiger partial charge in [0.2, 0.25) is 0 Å². The van der Waals surface area contributed by atoms with Crippen LogP contribution in [0.4, 0.5) is 0 Å². The maximum Gasteiger partial charge on any atom is 0.0478 e. The van der Waals surface area contributed by atoms with Crippen LogP contribution in [0.3, 0.4) is 0 Å². The Balaban J connectivity index is 1.99. The summed E-state index contributed by atoms with van der Waals surface area (Å²) in [5, 5.41) is 3.70. The van der Waals surface area contributed by atoms with Crippen molar-refractivity contribution in [2.24, 2.45) is 5.92 Å². The molecule has 1 aliphatic carbocycles. The zero-order valence-electron chi connectivity index (χ0n) is 11.8. The van der Waals surface area contributed by atoms with Gasteiger partial charge in [0.15, 0.2) is 0 Å². The van der Waals surface area contributed by atoms with E-state index < -0.39 is 0 Å². The van der Waals surface area contributed by atoms with Crippen LogP contribution in [0.25, 0.3) is 0 Å². The van der Waals surface area contributed by atoms with Crippen LogP contribution in [0.2, 0.25) is 0 Å². The van der Waals surface area contributed by atoms with Gasteiger partial charge >= 0.3 is 0 Å². The first-order valence-electron chi connectivity index (χ1n) is 7.68. The van der Waals surface area contributed by atoms with Crippen LogP contribution in [0.5, 0.6) is 0 Å². The Kier molecular flexibility index (Phi) is 8.72. The van der Waals surface area contributed by atoms with E-state index in [2.05, 4.69) is 19.2 Å². The fraction of sp³-hybridized carbons (Fsp3) is 1.00. The summed E-state index contributed by atoms with van der Waals surface area (Å²) in [6.07, 6.45) is 10.7. The van der Waals surface area contributed by atoms with Crippen LogP contribution in [0.1, 0.15) is 65.2 Å². The van der Waals surface area contributed by atoms with Gasteiger partial charge in [0, 0.05) is 19.3 Å². The number of nitrogens with one attached hydrogen (secondary N) is 1. The third kappa shape index (κ3) is 7.05. The summed E-state index contributed by atoms with van der Waals surface area (Å²) >= 11 is 0. The topological polar surface area (TPSA) is 21.3 Å². The predicted molar refractivity (Wildman–Crippen MR) is 74.4 cm³/mol. The second kappa shape index (κ2) is 9.90. The Morgan fingerprint density at radius 2 is 1.94 bits per heavy atom. The van der Waals surface area contributed by atoms with Crippen molar-refractivity contribution in [2.75, 3.05) is 19.8 Å². The first kappa shape index (κ1) is 15.0. The molecule has 0 radical (unpaired) electrons. The summed E-state index contributed by atoms with van der Waals surface area (Å²) in [6, 6.07) is 0.776. The molecule has 2 atom stereocenters. The predicted octanol–water partition coefficient (Wildman–Crippen LogP) is 3.75. The Morgan fingerprint density at radius 3 is 2.71 bits per heavy atom. The quantitative estimate of drug-likeness (QED) is 0.516. The van der Waals surface area contributed by atoms with Crippen LogP contribution in [0.15, 0.2) is 0 Å². The summed E-state index contributed by atoms with van der Waals surface area (Å²) < 4.78 is 5.49. The van der Waals surface area contributed by atoms with E-state index >= 15 is 0 Å². The fourth-order valence-electron chi connectivity index (χ4n) is 2.72. The third-order valence-corrected chi connectivity index (χ3v) is 3.91. The first-order chi connectivity index (χ1) is 8.36. The number of hydrogen-bond donors (Lipinski definition) is 1. The third-order valence-electron chi connectivity index (χ3n) is 3.91. The molecule has 0 aromatic heterocycles. The van der Waals surface area contributed by atoms with Crippen molar-refractivity contribution in [3.8, 4) is 0 Å². The Morgan fingerprint density at radius 1 is 1.06 bits per heavy atom. The average Bonchev–Trinajstić information content (AvgIpc) is 2.59. The van der Waals surface area contributed by atoms with Gasteiger partial charge < -0.3 is 10.1 Å². The fourth-order valence-corrected chi connectivity index (χ4v) is 2.72. The molecule has 0 spiro atoms. The molecule has 0 amide bonds. The van der Waals surface area contributed by atoms with E-state index in [4.69, 9.17) is 4.74 Å². The van der Waals surface area contributed by atoms with Gasteiger partial charge in [0.05, 0.1) is 0 Å². The van der Waals surface area contributed by atoms with E-state index in [0.717, 1.165) is 44.6 Å². The summed E-state index contributed by atoms with van der Waals surface area (Å²) in [4.78, 5) is 0. The molecule has 1 aliphatic rings. The second-order valence-electron chi connectivity index (χ2n) is 5.40. The van der Waals surface area contributed by atoms with E-state index in [1.54, 1.807) is 0 Å². The monoisotopic (exact) mass is 241 g/mol. The molecule has 0 saturated heterocycles. The van der Waals surface area contributed by atoms with Gasteiger partial charge in [-0.3, -0.25) is 0 Å². The van der Waals surface area contributed by atoms with E-state index in [-0.39, 0.29) is 0 Å². The number of hydrogen-bond acceptors (Lipinski definition) is 2. The largest absolute Gasteiger partial charge is 0.381 e. The van der Waals surface area contributed by atoms with Crippen molar-refractivity contribution in [3.63, 3.8) is 0 Å². The maximum absolute atomic E-state index is 5.49. The van der Waals surface area contributed by atoms with E-state index in [1.807, 2.05) is 0 Å². The smallest absolute Gasteiger partial charge is 0.0478 e. The minimum Gasteiger partial charge on any atom is -0.381 e. The highest BCUT2D eigenvalue weighted by Crippen LogP contribution is 2.25. The summed E-state index contributed by atoms with van der Waals surface area (Å²) in [5.41, 5.74) is 0. The zero-order chi connectivity index (χ0) is 12.3. The maximum atomic E-state index is 5.49. The van der Waals surface area contributed by atoms with Crippen molar-refractivity contribution in [1.29, 1.82) is 0 Å². The van der Waals surface area contributed by atoms with Crippen molar-refractivity contribution in [2.45, 2.75) is 71.3 Å². The second-order valence-corrected chi connectivity index (χ2v) is 5.40. The molecular weight excluding hydrogens is 210 g/mol. The standard InChI is InChI=1S/C15H31NO/c1-3-12-17-13-6-11-16-15-8-5-7-14(4-2)9-10-15/h14-16H,3-13H2,1-2H3. The van der Waals surface area contributed by atoms with Crippen LogP contribution >= 0.6 is 0 Å². The first-order valence-corrected chi connectivity index (χ1v) is 7.68. The zero-order valence-corrected chi connectivity index (χ0v) is 11.8. The summed E-state index contributed by atoms with van der Waals surface area (Å²) in [7, 11) is 0. The molecule has 0 heterocycles. The minimum atomic E-state index is 0.776. The number of rotatable bonds is 8. The normalized spacial score (nSPS) is 25.8. The molecule has 2 nitrogen and oxygen atoms in total. The summed E-state index contributed by atoms with van der Waals surface area (Å²) in [5.74, 6) is 0.995. The average molecular weight is 241 g/mol.